The number of hydrogen-bond donors (Lipinski definition) is 2. The predicted molar refractivity (Wildman–Crippen MR) is 191 cm³/mol. The maximum Gasteiger partial charge on any atom is 0.319 e. The van der Waals surface area contributed by atoms with Crippen molar-refractivity contribution in [2.45, 2.75) is 107 Å². The van der Waals surface area contributed by atoms with E-state index in [0.717, 1.165) is 29.2 Å². The molecule has 14 nitrogen and oxygen atoms in total. The summed E-state index contributed by atoms with van der Waals surface area (Å²) in [5.74, 6) is -3.83. The zero-order chi connectivity index (χ0) is 36.8. The van der Waals surface area contributed by atoms with Gasteiger partial charge in [-0.15, -0.1) is 10.2 Å². The summed E-state index contributed by atoms with van der Waals surface area (Å²) < 4.78 is 33.5. The summed E-state index contributed by atoms with van der Waals surface area (Å²) in [6.07, 6.45) is 8.10. The van der Waals surface area contributed by atoms with Gasteiger partial charge in [-0.05, 0) is 81.3 Å². The van der Waals surface area contributed by atoms with E-state index in [1.165, 1.54) is 9.70 Å². The molecule has 0 unspecified atom stereocenters. The highest BCUT2D eigenvalue weighted by Gasteiger charge is 2.62. The van der Waals surface area contributed by atoms with E-state index in [2.05, 4.69) is 25.4 Å². The van der Waals surface area contributed by atoms with E-state index in [0.29, 0.717) is 31.5 Å². The van der Waals surface area contributed by atoms with Crippen LogP contribution >= 0.6 is 0 Å². The number of sulfonamides is 1. The molecule has 2 saturated carbocycles. The second-order valence-corrected chi connectivity index (χ2v) is 17.5. The van der Waals surface area contributed by atoms with Crippen LogP contribution in [0.3, 0.4) is 0 Å². The number of carbonyl (C=O) groups excluding carboxylic acids is 4. The molecule has 15 heteroatoms. The van der Waals surface area contributed by atoms with E-state index in [4.69, 9.17) is 4.74 Å². The summed E-state index contributed by atoms with van der Waals surface area (Å²) in [7, 11) is -3.88. The number of hydrogen-bond acceptors (Lipinski definition) is 10. The van der Waals surface area contributed by atoms with Gasteiger partial charge in [-0.3, -0.25) is 23.9 Å². The molecular weight excluding hydrogens is 687 g/mol. The average Bonchev–Trinajstić information content (AvgIpc) is 3.96. The molecule has 5 atom stereocenters. The number of allylic oxidation sites excluding steroid dienone is 1. The van der Waals surface area contributed by atoms with Gasteiger partial charge in [0.25, 0.3) is 5.91 Å². The molecule has 0 bridgehead atoms. The van der Waals surface area contributed by atoms with Crippen molar-refractivity contribution in [2.75, 3.05) is 6.54 Å². The molecule has 7 rings (SSSR count). The van der Waals surface area contributed by atoms with Crippen molar-refractivity contribution in [3.63, 3.8) is 0 Å². The minimum atomic E-state index is -3.88. The first kappa shape index (κ1) is 35.7. The number of esters is 1. The summed E-state index contributed by atoms with van der Waals surface area (Å²) in [4.78, 5) is 58.8. The highest BCUT2D eigenvalue weighted by Crippen LogP contribution is 2.46. The number of carbonyl (C=O) groups is 4. The standard InChI is InChI=1S/C37H45N7O7S/c1-36(2,3)51-34(47)29-14-8-6-4-5-7-13-26-21-37(26,35(48)41-52(49,50)28-17-18-28)38-32(45)30-20-27(22-43(30)33(29)46)44-40-31(39-42-44)25-16-15-23-11-9-10-12-24(23)19-25/h7,9-13,15-16,19,26-30H,4-6,8,14,17-18,20-22H2,1-3H3,(H,38,45)(H,41,48)/b13-7-/t26-,27+,29-,30-,37+/m0/s1. The first-order chi connectivity index (χ1) is 24.7. The van der Waals surface area contributed by atoms with Gasteiger partial charge in [0.2, 0.25) is 27.7 Å². The summed E-state index contributed by atoms with van der Waals surface area (Å²) in [6.45, 7) is 5.21. The van der Waals surface area contributed by atoms with Gasteiger partial charge in [0.15, 0.2) is 0 Å². The molecule has 1 aromatic heterocycles. The van der Waals surface area contributed by atoms with E-state index < -0.39 is 74.0 Å². The van der Waals surface area contributed by atoms with Crippen molar-refractivity contribution in [2.24, 2.45) is 11.8 Å². The summed E-state index contributed by atoms with van der Waals surface area (Å²) in [6, 6.07) is 12.0. The van der Waals surface area contributed by atoms with Gasteiger partial charge in [-0.1, -0.05) is 61.4 Å². The fourth-order valence-corrected chi connectivity index (χ4v) is 8.59. The molecule has 2 aliphatic heterocycles. The zero-order valence-electron chi connectivity index (χ0n) is 29.7. The molecule has 1 saturated heterocycles. The molecule has 52 heavy (non-hydrogen) atoms. The molecule has 0 spiro atoms. The lowest BCUT2D eigenvalue weighted by atomic mass is 9.98. The van der Waals surface area contributed by atoms with Gasteiger partial charge in [-0.25, -0.2) is 8.42 Å². The lowest BCUT2D eigenvalue weighted by Gasteiger charge is -2.30. The Morgan fingerprint density at radius 3 is 2.54 bits per heavy atom. The molecule has 3 amide bonds. The third kappa shape index (κ3) is 7.46. The lowest BCUT2D eigenvalue weighted by molar-refractivity contribution is -0.166. The summed E-state index contributed by atoms with van der Waals surface area (Å²) in [5.41, 5.74) is -1.59. The maximum absolute atomic E-state index is 14.4. The third-order valence-electron chi connectivity index (χ3n) is 10.3. The molecule has 2 aliphatic carbocycles. The van der Waals surface area contributed by atoms with E-state index in [1.807, 2.05) is 54.6 Å². The minimum absolute atomic E-state index is 0.00231. The summed E-state index contributed by atoms with van der Waals surface area (Å²) >= 11 is 0. The number of nitrogens with zero attached hydrogens (tertiary/aromatic N) is 5. The number of rotatable bonds is 6. The van der Waals surface area contributed by atoms with Gasteiger partial charge in [-0.2, -0.15) is 4.80 Å². The molecule has 3 heterocycles. The molecule has 3 fully saturated rings. The summed E-state index contributed by atoms with van der Waals surface area (Å²) in [5, 5.41) is 17.6. The van der Waals surface area contributed by atoms with Crippen molar-refractivity contribution in [3.05, 3.63) is 54.6 Å². The topological polar surface area (TPSA) is 183 Å². The Balaban J connectivity index is 1.20. The van der Waals surface area contributed by atoms with Crippen LogP contribution < -0.4 is 10.0 Å². The third-order valence-corrected chi connectivity index (χ3v) is 12.1. The second kappa shape index (κ2) is 13.7. The minimum Gasteiger partial charge on any atom is -0.459 e. The number of ether oxygens (including phenoxy) is 1. The Hall–Kier alpha value is -4.66. The van der Waals surface area contributed by atoms with E-state index in [1.54, 1.807) is 20.8 Å². The first-order valence-corrected chi connectivity index (χ1v) is 19.7. The van der Waals surface area contributed by atoms with E-state index >= 15 is 0 Å². The molecule has 0 radical (unpaired) electrons. The van der Waals surface area contributed by atoms with Crippen LogP contribution in [-0.2, 0) is 33.9 Å². The maximum atomic E-state index is 14.4. The molecule has 3 aromatic rings. The van der Waals surface area contributed by atoms with Crippen LogP contribution in [0.25, 0.3) is 22.2 Å². The highest BCUT2D eigenvalue weighted by atomic mass is 32.2. The molecule has 2 aromatic carbocycles. The van der Waals surface area contributed by atoms with Gasteiger partial charge >= 0.3 is 5.97 Å². The van der Waals surface area contributed by atoms with Crippen molar-refractivity contribution in [1.29, 1.82) is 0 Å². The van der Waals surface area contributed by atoms with Gasteiger partial charge < -0.3 is 15.0 Å². The number of tetrazole rings is 1. The largest absolute Gasteiger partial charge is 0.459 e. The lowest BCUT2D eigenvalue weighted by Crippen LogP contribution is -2.57. The van der Waals surface area contributed by atoms with Crippen LogP contribution in [-0.4, -0.2) is 86.2 Å². The zero-order valence-corrected chi connectivity index (χ0v) is 30.5. The van der Waals surface area contributed by atoms with Crippen LogP contribution in [0.4, 0.5) is 0 Å². The van der Waals surface area contributed by atoms with Crippen molar-refractivity contribution < 1.29 is 32.3 Å². The van der Waals surface area contributed by atoms with Crippen molar-refractivity contribution >= 4 is 44.5 Å². The second-order valence-electron chi connectivity index (χ2n) is 15.5. The number of fused-ring (bicyclic) bond motifs is 3. The molecule has 4 aliphatic rings. The highest BCUT2D eigenvalue weighted by molar-refractivity contribution is 7.91. The Morgan fingerprint density at radius 1 is 1.02 bits per heavy atom. The number of aromatic nitrogens is 4. The van der Waals surface area contributed by atoms with Crippen LogP contribution in [0.1, 0.15) is 84.6 Å². The van der Waals surface area contributed by atoms with Crippen molar-refractivity contribution in [1.82, 2.24) is 35.1 Å². The van der Waals surface area contributed by atoms with Crippen LogP contribution in [0.15, 0.2) is 54.6 Å². The SMILES string of the molecule is CC(C)(C)OC(=O)[C@H]1CCCCC/C=C\[C@H]2C[C@@]2(C(=O)NS(=O)(=O)C2CC2)NC(=O)[C@@H]2C[C@@H](n3nnc(-c4ccc5ccccc5c4)n3)CN2C1=O. The normalized spacial score (nSPS) is 27.8. The van der Waals surface area contributed by atoms with Gasteiger partial charge in [0.1, 0.15) is 23.1 Å². The predicted octanol–water partition coefficient (Wildman–Crippen LogP) is 3.60. The molecule has 2 N–H and O–H groups in total. The molecular formula is C37H45N7O7S. The average molecular weight is 732 g/mol. The smallest absolute Gasteiger partial charge is 0.319 e. The number of amides is 3. The fourth-order valence-electron chi connectivity index (χ4n) is 7.23. The molecule has 276 valence electrons. The van der Waals surface area contributed by atoms with E-state index in [9.17, 15) is 27.6 Å². The van der Waals surface area contributed by atoms with Crippen molar-refractivity contribution in [3.8, 4) is 11.4 Å². The fraction of sp³-hybridized carbons (Fsp3) is 0.541. The monoisotopic (exact) mass is 731 g/mol. The first-order valence-electron chi connectivity index (χ1n) is 18.1. The van der Waals surface area contributed by atoms with Crippen LogP contribution in [0, 0.1) is 11.8 Å². The Morgan fingerprint density at radius 2 is 1.79 bits per heavy atom. The number of benzene rings is 2. The Labute approximate surface area is 302 Å². The Kier molecular flexibility index (Phi) is 9.42. The van der Waals surface area contributed by atoms with Gasteiger partial charge in [0.05, 0.1) is 11.3 Å². The quantitative estimate of drug-likeness (QED) is 0.216. The van der Waals surface area contributed by atoms with Gasteiger partial charge in [0, 0.05) is 24.4 Å². The Bertz CT molecular complexity index is 2040. The van der Waals surface area contributed by atoms with E-state index in [-0.39, 0.29) is 25.8 Å². The van der Waals surface area contributed by atoms with Crippen LogP contribution in [0.5, 0.6) is 0 Å². The van der Waals surface area contributed by atoms with Crippen LogP contribution in [0.2, 0.25) is 0 Å². The number of nitrogens with one attached hydrogen (secondary N) is 2.